The molecule has 1 amide bonds. The van der Waals surface area contributed by atoms with Crippen molar-refractivity contribution in [2.75, 3.05) is 0 Å². The second-order valence-electron chi connectivity index (χ2n) is 7.46. The average Bonchev–Trinajstić information content (AvgIpc) is 3.14. The number of thiophene rings is 1. The Bertz CT molecular complexity index is 1040. The predicted octanol–water partition coefficient (Wildman–Crippen LogP) is 4.34. The van der Waals surface area contributed by atoms with E-state index in [1.165, 1.54) is 16.9 Å². The minimum absolute atomic E-state index is 0.0349. The molecule has 5 nitrogen and oxygen atoms in total. The molecule has 2 aromatic heterocycles. The molecule has 0 saturated heterocycles. The van der Waals surface area contributed by atoms with E-state index in [0.29, 0.717) is 0 Å². The Hall–Kier alpha value is -2.83. The van der Waals surface area contributed by atoms with Crippen molar-refractivity contribution in [2.24, 2.45) is 0 Å². The number of hydrogen-bond acceptors (Lipinski definition) is 4. The summed E-state index contributed by atoms with van der Waals surface area (Å²) in [5, 5.41) is 22.9. The Balaban J connectivity index is 2.08. The van der Waals surface area contributed by atoms with Crippen LogP contribution in [0.5, 0.6) is 0 Å². The van der Waals surface area contributed by atoms with Gasteiger partial charge in [0.1, 0.15) is 22.7 Å². The lowest BCUT2D eigenvalue weighted by Crippen LogP contribution is -2.30. The van der Waals surface area contributed by atoms with Crippen LogP contribution in [0.2, 0.25) is 0 Å². The number of carbonyl (C=O) groups is 1. The Labute approximate surface area is 169 Å². The summed E-state index contributed by atoms with van der Waals surface area (Å²) in [4.78, 5) is 13.6. The summed E-state index contributed by atoms with van der Waals surface area (Å²) in [6.07, 6.45) is 5.94. The number of nitrogens with zero attached hydrogens (tertiary/aromatic N) is 3. The lowest BCUT2D eigenvalue weighted by atomic mass is 9.96. The minimum atomic E-state index is -0.369. The first-order valence-corrected chi connectivity index (χ1v) is 10.4. The molecule has 28 heavy (non-hydrogen) atoms. The molecule has 2 heterocycles. The highest BCUT2D eigenvalue weighted by atomic mass is 32.1. The first-order chi connectivity index (χ1) is 13.4. The van der Waals surface area contributed by atoms with Crippen molar-refractivity contribution < 1.29 is 4.79 Å². The zero-order valence-electron chi connectivity index (χ0n) is 16.7. The molecule has 0 spiro atoms. The van der Waals surface area contributed by atoms with E-state index in [9.17, 15) is 15.3 Å². The standard InChI is InChI=1S/C22H24N4OS/c1-13(2)25-21(27)17(11-23)10-16-9-14(3)26(15(16)4)22-19(12-24)18-7-5-6-8-20(18)28-22/h9-10,13H,5-8H2,1-4H3,(H,25,27). The van der Waals surface area contributed by atoms with Gasteiger partial charge in [-0.3, -0.25) is 4.79 Å². The van der Waals surface area contributed by atoms with Crippen LogP contribution in [0.1, 0.15) is 59.6 Å². The molecule has 3 rings (SSSR count). The summed E-state index contributed by atoms with van der Waals surface area (Å²) >= 11 is 1.70. The second-order valence-corrected chi connectivity index (χ2v) is 8.55. The monoisotopic (exact) mass is 392 g/mol. The van der Waals surface area contributed by atoms with E-state index in [4.69, 9.17) is 0 Å². The number of nitriles is 2. The van der Waals surface area contributed by atoms with Gasteiger partial charge < -0.3 is 9.88 Å². The van der Waals surface area contributed by atoms with Crippen LogP contribution in [-0.2, 0) is 17.6 Å². The number of hydrogen-bond donors (Lipinski definition) is 1. The third-order valence-corrected chi connectivity index (χ3v) is 6.30. The van der Waals surface area contributed by atoms with Crippen LogP contribution >= 0.6 is 11.3 Å². The number of amides is 1. The molecule has 1 aliphatic rings. The van der Waals surface area contributed by atoms with Crippen molar-refractivity contribution in [1.82, 2.24) is 9.88 Å². The van der Waals surface area contributed by atoms with Crippen molar-refractivity contribution in [3.8, 4) is 17.1 Å². The number of aryl methyl sites for hydroxylation is 2. The maximum Gasteiger partial charge on any atom is 0.262 e. The summed E-state index contributed by atoms with van der Waals surface area (Å²) < 4.78 is 2.09. The average molecular weight is 393 g/mol. The van der Waals surface area contributed by atoms with E-state index in [0.717, 1.165) is 46.8 Å². The van der Waals surface area contributed by atoms with Crippen LogP contribution in [0.15, 0.2) is 11.6 Å². The van der Waals surface area contributed by atoms with Crippen LogP contribution in [0.3, 0.4) is 0 Å². The molecule has 6 heteroatoms. The van der Waals surface area contributed by atoms with Crippen molar-refractivity contribution in [1.29, 1.82) is 10.5 Å². The molecule has 1 N–H and O–H groups in total. The SMILES string of the molecule is Cc1cc(C=C(C#N)C(=O)NC(C)C)c(C)n1-c1sc2c(c1C#N)CCCC2. The first kappa shape index (κ1) is 19.9. The molecule has 2 aromatic rings. The van der Waals surface area contributed by atoms with Crippen LogP contribution in [0.25, 0.3) is 11.1 Å². The van der Waals surface area contributed by atoms with Crippen LogP contribution in [-0.4, -0.2) is 16.5 Å². The number of rotatable bonds is 4. The summed E-state index contributed by atoms with van der Waals surface area (Å²) in [5.41, 5.74) is 4.80. The number of carbonyl (C=O) groups excluding carboxylic acids is 1. The van der Waals surface area contributed by atoms with Gasteiger partial charge in [-0.1, -0.05) is 0 Å². The lowest BCUT2D eigenvalue weighted by Gasteiger charge is -2.10. The number of nitrogens with one attached hydrogen (secondary N) is 1. The van der Waals surface area contributed by atoms with E-state index >= 15 is 0 Å². The maximum atomic E-state index is 12.2. The molecule has 0 unspecified atom stereocenters. The number of fused-ring (bicyclic) bond motifs is 1. The van der Waals surface area contributed by atoms with E-state index < -0.39 is 0 Å². The zero-order valence-corrected chi connectivity index (χ0v) is 17.5. The van der Waals surface area contributed by atoms with Gasteiger partial charge in [0.15, 0.2) is 0 Å². The highest BCUT2D eigenvalue weighted by Crippen LogP contribution is 2.38. The molecule has 0 fully saturated rings. The third-order valence-electron chi connectivity index (χ3n) is 5.02. The fourth-order valence-corrected chi connectivity index (χ4v) is 5.16. The van der Waals surface area contributed by atoms with Crippen LogP contribution in [0, 0.1) is 36.5 Å². The Kier molecular flexibility index (Phi) is 5.72. The van der Waals surface area contributed by atoms with Crippen molar-refractivity contribution in [3.63, 3.8) is 0 Å². The molecule has 0 atom stereocenters. The molecule has 0 bridgehead atoms. The summed E-state index contributed by atoms with van der Waals surface area (Å²) in [5.74, 6) is -0.369. The second kappa shape index (κ2) is 8.04. The lowest BCUT2D eigenvalue weighted by molar-refractivity contribution is -0.117. The minimum Gasteiger partial charge on any atom is -0.349 e. The van der Waals surface area contributed by atoms with Crippen molar-refractivity contribution >= 4 is 23.3 Å². The molecule has 144 valence electrons. The van der Waals surface area contributed by atoms with Gasteiger partial charge in [0, 0.05) is 22.3 Å². The Morgan fingerprint density at radius 2 is 2.00 bits per heavy atom. The summed E-state index contributed by atoms with van der Waals surface area (Å²) in [7, 11) is 0. The van der Waals surface area contributed by atoms with Gasteiger partial charge in [-0.05, 0) is 76.6 Å². The fourth-order valence-electron chi connectivity index (χ4n) is 3.71. The van der Waals surface area contributed by atoms with Crippen molar-refractivity contribution in [2.45, 2.75) is 59.4 Å². The first-order valence-electron chi connectivity index (χ1n) is 9.54. The highest BCUT2D eigenvalue weighted by molar-refractivity contribution is 7.15. The fraction of sp³-hybridized carbons (Fsp3) is 0.409. The molecular formula is C22H24N4OS. The third kappa shape index (κ3) is 3.61. The zero-order chi connectivity index (χ0) is 20.4. The Morgan fingerprint density at radius 3 is 2.64 bits per heavy atom. The smallest absolute Gasteiger partial charge is 0.262 e. The molecule has 0 aromatic carbocycles. The molecule has 0 radical (unpaired) electrons. The highest BCUT2D eigenvalue weighted by Gasteiger charge is 2.24. The predicted molar refractivity (Wildman–Crippen MR) is 111 cm³/mol. The van der Waals surface area contributed by atoms with Gasteiger partial charge in [0.05, 0.1) is 5.56 Å². The van der Waals surface area contributed by atoms with Crippen LogP contribution in [0.4, 0.5) is 0 Å². The van der Waals surface area contributed by atoms with Crippen molar-refractivity contribution in [3.05, 3.63) is 44.6 Å². The van der Waals surface area contributed by atoms with E-state index in [-0.39, 0.29) is 17.5 Å². The summed E-state index contributed by atoms with van der Waals surface area (Å²) in [6.45, 7) is 7.68. The van der Waals surface area contributed by atoms with Gasteiger partial charge in [0.25, 0.3) is 5.91 Å². The Morgan fingerprint density at radius 1 is 1.29 bits per heavy atom. The molecule has 0 aliphatic heterocycles. The van der Waals surface area contributed by atoms with E-state index in [1.54, 1.807) is 17.4 Å². The maximum absolute atomic E-state index is 12.2. The molecule has 1 aliphatic carbocycles. The normalized spacial score (nSPS) is 13.8. The van der Waals surface area contributed by atoms with Gasteiger partial charge in [-0.25, -0.2) is 0 Å². The quantitative estimate of drug-likeness (QED) is 0.621. The summed E-state index contributed by atoms with van der Waals surface area (Å²) in [6, 6.07) is 6.35. The number of aromatic nitrogens is 1. The molecular weight excluding hydrogens is 368 g/mol. The van der Waals surface area contributed by atoms with Gasteiger partial charge in [0.2, 0.25) is 0 Å². The van der Waals surface area contributed by atoms with Gasteiger partial charge >= 0.3 is 0 Å². The van der Waals surface area contributed by atoms with Gasteiger partial charge in [-0.15, -0.1) is 11.3 Å². The van der Waals surface area contributed by atoms with Crippen LogP contribution < -0.4 is 5.32 Å². The largest absolute Gasteiger partial charge is 0.349 e. The topological polar surface area (TPSA) is 81.6 Å². The van der Waals surface area contributed by atoms with E-state index in [2.05, 4.69) is 16.0 Å². The van der Waals surface area contributed by atoms with E-state index in [1.807, 2.05) is 39.8 Å². The van der Waals surface area contributed by atoms with Gasteiger partial charge in [-0.2, -0.15) is 10.5 Å². The molecule has 0 saturated carbocycles.